The molecule has 0 bridgehead atoms. The van der Waals surface area contributed by atoms with E-state index in [0.29, 0.717) is 17.0 Å². The summed E-state index contributed by atoms with van der Waals surface area (Å²) in [5, 5.41) is 2.06. The normalized spacial score (nSPS) is 10.6. The van der Waals surface area contributed by atoms with Crippen molar-refractivity contribution < 1.29 is 9.53 Å². The number of aryl methyl sites for hydroxylation is 1. The molecule has 2 N–H and O–H groups in total. The number of hydrogen-bond donors (Lipinski definition) is 1. The quantitative estimate of drug-likeness (QED) is 0.584. The molecular formula is C19H17NO2. The number of fused-ring (bicyclic) bond motifs is 1. The smallest absolute Gasteiger partial charge is 0.200 e. The van der Waals surface area contributed by atoms with Gasteiger partial charge < -0.3 is 10.5 Å². The van der Waals surface area contributed by atoms with Crippen LogP contribution in [0.3, 0.4) is 0 Å². The Balaban J connectivity index is 1.83. The van der Waals surface area contributed by atoms with Crippen molar-refractivity contribution in [2.24, 2.45) is 0 Å². The molecule has 0 heterocycles. The van der Waals surface area contributed by atoms with Crippen LogP contribution in [-0.2, 0) is 0 Å². The number of ketones is 1. The van der Waals surface area contributed by atoms with Gasteiger partial charge in [0, 0.05) is 11.3 Å². The van der Waals surface area contributed by atoms with Crippen LogP contribution in [0.5, 0.6) is 5.75 Å². The lowest BCUT2D eigenvalue weighted by Gasteiger charge is -2.09. The summed E-state index contributed by atoms with van der Waals surface area (Å²) in [6, 6.07) is 18.8. The van der Waals surface area contributed by atoms with Crippen molar-refractivity contribution in [2.75, 3.05) is 12.3 Å². The monoisotopic (exact) mass is 291 g/mol. The number of ether oxygens (including phenoxy) is 1. The van der Waals surface area contributed by atoms with Gasteiger partial charge in [-0.3, -0.25) is 4.79 Å². The summed E-state index contributed by atoms with van der Waals surface area (Å²) in [4.78, 5) is 12.5. The number of Topliss-reactive ketones (excluding diaryl/α,β-unsaturated/α-hetero) is 1. The van der Waals surface area contributed by atoms with Crippen molar-refractivity contribution >= 4 is 22.2 Å². The maximum absolute atomic E-state index is 12.5. The third-order valence-corrected chi connectivity index (χ3v) is 3.69. The second-order valence-electron chi connectivity index (χ2n) is 5.26. The van der Waals surface area contributed by atoms with Crippen molar-refractivity contribution in [2.45, 2.75) is 6.92 Å². The van der Waals surface area contributed by atoms with Crippen molar-refractivity contribution in [3.8, 4) is 5.75 Å². The van der Waals surface area contributed by atoms with Crippen molar-refractivity contribution in [3.63, 3.8) is 0 Å². The van der Waals surface area contributed by atoms with Gasteiger partial charge in [-0.15, -0.1) is 0 Å². The van der Waals surface area contributed by atoms with Crippen LogP contribution in [0.2, 0.25) is 0 Å². The molecule has 0 spiro atoms. The van der Waals surface area contributed by atoms with E-state index in [1.54, 1.807) is 24.3 Å². The fraction of sp³-hybridized carbons (Fsp3) is 0.105. The Morgan fingerprint density at radius 3 is 2.36 bits per heavy atom. The maximum Gasteiger partial charge on any atom is 0.200 e. The topological polar surface area (TPSA) is 52.3 Å². The lowest BCUT2D eigenvalue weighted by molar-refractivity contribution is 0.0923. The van der Waals surface area contributed by atoms with E-state index >= 15 is 0 Å². The first-order chi connectivity index (χ1) is 10.6. The summed E-state index contributed by atoms with van der Waals surface area (Å²) >= 11 is 0. The standard InChI is InChI=1S/C19H17NO2/c1-13-6-11-18(17-5-3-2-4-16(13)17)19(21)12-22-15-9-7-14(20)8-10-15/h2-11H,12,20H2,1H3. The second-order valence-corrected chi connectivity index (χ2v) is 5.26. The van der Waals surface area contributed by atoms with Gasteiger partial charge in [0.25, 0.3) is 0 Å². The number of anilines is 1. The molecule has 0 radical (unpaired) electrons. The first kappa shape index (κ1) is 14.1. The molecule has 0 aromatic heterocycles. The second kappa shape index (κ2) is 5.90. The van der Waals surface area contributed by atoms with Gasteiger partial charge in [0.05, 0.1) is 0 Å². The minimum Gasteiger partial charge on any atom is -0.485 e. The van der Waals surface area contributed by atoms with Crippen LogP contribution in [-0.4, -0.2) is 12.4 Å². The molecule has 3 aromatic rings. The minimum atomic E-state index is -0.0342. The Kier molecular flexibility index (Phi) is 3.79. The molecular weight excluding hydrogens is 274 g/mol. The zero-order chi connectivity index (χ0) is 15.5. The lowest BCUT2D eigenvalue weighted by Crippen LogP contribution is -2.12. The van der Waals surface area contributed by atoms with Crippen LogP contribution >= 0.6 is 0 Å². The van der Waals surface area contributed by atoms with Crippen LogP contribution in [0.4, 0.5) is 5.69 Å². The Bertz CT molecular complexity index is 822. The highest BCUT2D eigenvalue weighted by atomic mass is 16.5. The number of hydrogen-bond acceptors (Lipinski definition) is 3. The van der Waals surface area contributed by atoms with Crippen LogP contribution in [0.1, 0.15) is 15.9 Å². The fourth-order valence-electron chi connectivity index (χ4n) is 2.48. The lowest BCUT2D eigenvalue weighted by atomic mass is 9.98. The van der Waals surface area contributed by atoms with Gasteiger partial charge >= 0.3 is 0 Å². The highest BCUT2D eigenvalue weighted by Crippen LogP contribution is 2.23. The summed E-state index contributed by atoms with van der Waals surface area (Å²) in [6.07, 6.45) is 0. The van der Waals surface area contributed by atoms with Gasteiger partial charge in [-0.1, -0.05) is 36.4 Å². The van der Waals surface area contributed by atoms with E-state index in [1.807, 2.05) is 43.3 Å². The SMILES string of the molecule is Cc1ccc(C(=O)COc2ccc(N)cc2)c2ccccc12. The molecule has 0 aliphatic carbocycles. The fourth-order valence-corrected chi connectivity index (χ4v) is 2.48. The first-order valence-electron chi connectivity index (χ1n) is 7.15. The van der Waals surface area contributed by atoms with E-state index in [9.17, 15) is 4.79 Å². The molecule has 0 atom stereocenters. The summed E-state index contributed by atoms with van der Waals surface area (Å²) in [5.41, 5.74) is 8.15. The molecule has 22 heavy (non-hydrogen) atoms. The Morgan fingerprint density at radius 2 is 1.64 bits per heavy atom. The molecule has 0 aliphatic rings. The number of nitrogen functional groups attached to an aromatic ring is 1. The molecule has 3 aromatic carbocycles. The summed E-state index contributed by atoms with van der Waals surface area (Å²) < 4.78 is 5.55. The van der Waals surface area contributed by atoms with Gasteiger partial charge in [-0.25, -0.2) is 0 Å². The van der Waals surface area contributed by atoms with E-state index in [-0.39, 0.29) is 12.4 Å². The minimum absolute atomic E-state index is 0.0109. The number of nitrogens with two attached hydrogens (primary N) is 1. The molecule has 3 rings (SSSR count). The summed E-state index contributed by atoms with van der Waals surface area (Å²) in [7, 11) is 0. The number of benzene rings is 3. The van der Waals surface area contributed by atoms with Gasteiger partial charge in [-0.05, 0) is 47.5 Å². The molecule has 0 aliphatic heterocycles. The molecule has 0 saturated heterocycles. The van der Waals surface area contributed by atoms with E-state index < -0.39 is 0 Å². The van der Waals surface area contributed by atoms with E-state index in [4.69, 9.17) is 10.5 Å². The predicted molar refractivity (Wildman–Crippen MR) is 89.4 cm³/mol. The third-order valence-electron chi connectivity index (χ3n) is 3.69. The molecule has 110 valence electrons. The van der Waals surface area contributed by atoms with Gasteiger partial charge in [0.2, 0.25) is 5.78 Å². The highest BCUT2D eigenvalue weighted by molar-refractivity contribution is 6.09. The van der Waals surface area contributed by atoms with E-state index in [0.717, 1.165) is 16.3 Å². The zero-order valence-corrected chi connectivity index (χ0v) is 12.4. The zero-order valence-electron chi connectivity index (χ0n) is 12.4. The Hall–Kier alpha value is -2.81. The molecule has 3 nitrogen and oxygen atoms in total. The van der Waals surface area contributed by atoms with Gasteiger partial charge in [0.1, 0.15) is 5.75 Å². The van der Waals surface area contributed by atoms with Crippen molar-refractivity contribution in [1.82, 2.24) is 0 Å². The molecule has 0 unspecified atom stereocenters. The van der Waals surface area contributed by atoms with Crippen LogP contribution < -0.4 is 10.5 Å². The van der Waals surface area contributed by atoms with Gasteiger partial charge in [0.15, 0.2) is 6.61 Å². The molecule has 0 amide bonds. The Labute approximate surface area is 129 Å². The first-order valence-corrected chi connectivity index (χ1v) is 7.15. The van der Waals surface area contributed by atoms with E-state index in [1.165, 1.54) is 0 Å². The molecule has 3 heteroatoms. The van der Waals surface area contributed by atoms with Crippen LogP contribution in [0.25, 0.3) is 10.8 Å². The number of carbonyl (C=O) groups excluding carboxylic acids is 1. The van der Waals surface area contributed by atoms with E-state index in [2.05, 4.69) is 0 Å². The third kappa shape index (κ3) is 2.79. The van der Waals surface area contributed by atoms with Crippen molar-refractivity contribution in [3.05, 3.63) is 71.8 Å². The Morgan fingerprint density at radius 1 is 0.955 bits per heavy atom. The van der Waals surface area contributed by atoms with Crippen molar-refractivity contribution in [1.29, 1.82) is 0 Å². The molecule has 0 fully saturated rings. The number of rotatable bonds is 4. The van der Waals surface area contributed by atoms with Crippen LogP contribution in [0.15, 0.2) is 60.7 Å². The predicted octanol–water partition coefficient (Wildman–Crippen LogP) is 3.99. The number of carbonyl (C=O) groups is 1. The highest BCUT2D eigenvalue weighted by Gasteiger charge is 2.11. The average Bonchev–Trinajstić information content (AvgIpc) is 2.55. The average molecular weight is 291 g/mol. The molecule has 0 saturated carbocycles. The summed E-state index contributed by atoms with van der Waals surface area (Å²) in [6.45, 7) is 2.05. The summed E-state index contributed by atoms with van der Waals surface area (Å²) in [5.74, 6) is 0.604. The maximum atomic E-state index is 12.5. The van der Waals surface area contributed by atoms with Crippen LogP contribution in [0, 0.1) is 6.92 Å². The largest absolute Gasteiger partial charge is 0.485 e. The van der Waals surface area contributed by atoms with Gasteiger partial charge in [-0.2, -0.15) is 0 Å².